The van der Waals surface area contributed by atoms with Crippen LogP contribution in [-0.2, 0) is 25.3 Å². The molecule has 9 nitrogen and oxygen atoms in total. The molecule has 0 radical (unpaired) electrons. The number of unbranched alkanes of at least 4 members (excludes halogenated alkanes) is 8. The molecule has 208 valence electrons. The number of aliphatic hydroxyl groups excluding tert-OH is 1. The highest BCUT2D eigenvalue weighted by molar-refractivity contribution is 7.46. The lowest BCUT2D eigenvalue weighted by atomic mass is 10.1. The van der Waals surface area contributed by atoms with E-state index < -0.39 is 7.82 Å². The Balaban J connectivity index is 0.000000935. The summed E-state index contributed by atoms with van der Waals surface area (Å²) < 4.78 is 15.1. The number of carbonyl (C=O) groups excluding carboxylic acids is 1. The third-order valence-corrected chi connectivity index (χ3v) is 5.75. The minimum absolute atomic E-state index is 0.0772. The van der Waals surface area contributed by atoms with E-state index in [-0.39, 0.29) is 18.9 Å². The highest BCUT2D eigenvalue weighted by Crippen LogP contribution is 2.35. The van der Waals surface area contributed by atoms with Gasteiger partial charge < -0.3 is 19.4 Å². The highest BCUT2D eigenvalue weighted by Gasteiger charge is 2.16. The van der Waals surface area contributed by atoms with E-state index in [0.717, 1.165) is 18.4 Å². The average molecular weight is 532 g/mol. The minimum atomic E-state index is -4.26. The molecule has 0 aromatic heterocycles. The van der Waals surface area contributed by atoms with Crippen LogP contribution < -0.4 is 0 Å². The molecule has 1 aromatic rings. The van der Waals surface area contributed by atoms with Crippen molar-refractivity contribution in [2.24, 2.45) is 0 Å². The first kappa shape index (κ1) is 34.5. The maximum atomic E-state index is 10.5. The Morgan fingerprint density at radius 2 is 1.53 bits per heavy atom. The third-order valence-electron chi connectivity index (χ3n) is 5.23. The average Bonchev–Trinajstić information content (AvgIpc) is 2.80. The molecule has 3 N–H and O–H groups in total. The van der Waals surface area contributed by atoms with Gasteiger partial charge >= 0.3 is 7.82 Å². The summed E-state index contributed by atoms with van der Waals surface area (Å²) in [4.78, 5) is 32.9. The molecule has 0 bridgehead atoms. The van der Waals surface area contributed by atoms with Gasteiger partial charge in [-0.2, -0.15) is 5.06 Å². The Hall–Kier alpha value is -1.54. The fourth-order valence-electron chi connectivity index (χ4n) is 3.16. The second-order valence-corrected chi connectivity index (χ2v) is 11.1. The number of hydroxylamine groups is 2. The van der Waals surface area contributed by atoms with Crippen molar-refractivity contribution in [3.05, 3.63) is 41.7 Å². The van der Waals surface area contributed by atoms with Gasteiger partial charge in [-0.25, -0.2) is 9.36 Å². The zero-order valence-electron chi connectivity index (χ0n) is 22.6. The summed E-state index contributed by atoms with van der Waals surface area (Å²) in [5.41, 5.74) is 1.06. The number of hydrogen-bond donors (Lipinski definition) is 3. The van der Waals surface area contributed by atoms with E-state index in [1.165, 1.54) is 50.9 Å². The molecule has 0 amide bonds. The number of hydrogen-bond acceptors (Lipinski definition) is 6. The SMILES string of the molecule is CCCCCCCCCCCN(CC(O)=C=O)OCc1ccccc1.C[N+](C)(C)CCOP(=O)(O)O. The molecule has 10 heteroatoms. The second-order valence-electron chi connectivity index (χ2n) is 9.84. The van der Waals surface area contributed by atoms with E-state index in [2.05, 4.69) is 11.4 Å². The maximum Gasteiger partial charge on any atom is 0.469 e. The van der Waals surface area contributed by atoms with Crippen LogP contribution in [0.15, 0.2) is 36.1 Å². The third kappa shape index (κ3) is 24.2. The Morgan fingerprint density at radius 3 is 2.03 bits per heavy atom. The smallest absolute Gasteiger partial charge is 0.469 e. The van der Waals surface area contributed by atoms with Crippen LogP contribution in [0, 0.1) is 0 Å². The zero-order valence-corrected chi connectivity index (χ0v) is 23.5. The first-order chi connectivity index (χ1) is 17.0. The van der Waals surface area contributed by atoms with Crippen LogP contribution in [0.1, 0.15) is 70.3 Å². The highest BCUT2D eigenvalue weighted by atomic mass is 31.2. The van der Waals surface area contributed by atoms with Gasteiger partial charge in [0.25, 0.3) is 0 Å². The molecule has 0 aliphatic carbocycles. The number of nitrogens with zero attached hydrogens (tertiary/aromatic N) is 2. The number of aliphatic hydroxyl groups is 1. The van der Waals surface area contributed by atoms with Gasteiger partial charge in [-0.05, 0) is 12.0 Å². The van der Waals surface area contributed by atoms with Crippen molar-refractivity contribution in [2.45, 2.75) is 71.3 Å². The molecular formula is C26H48N2O7P+. The van der Waals surface area contributed by atoms with Crippen molar-refractivity contribution in [3.63, 3.8) is 0 Å². The largest absolute Gasteiger partial charge is 0.501 e. The van der Waals surface area contributed by atoms with Crippen LogP contribution in [0.4, 0.5) is 0 Å². The maximum absolute atomic E-state index is 10.5. The van der Waals surface area contributed by atoms with Gasteiger partial charge in [0, 0.05) is 6.54 Å². The Labute approximate surface area is 217 Å². The minimum Gasteiger partial charge on any atom is -0.501 e. The number of likely N-dealkylation sites (N-methyl/N-ethyl adjacent to an activating group) is 1. The molecule has 0 saturated heterocycles. The number of rotatable bonds is 19. The molecular weight excluding hydrogens is 483 g/mol. The number of phosphoric ester groups is 1. The topological polar surface area (TPSA) is 117 Å². The molecule has 1 aromatic carbocycles. The quantitative estimate of drug-likeness (QED) is 0.0569. The number of phosphoric acid groups is 1. The monoisotopic (exact) mass is 531 g/mol. The van der Waals surface area contributed by atoms with Gasteiger partial charge in [0.15, 0.2) is 11.7 Å². The van der Waals surface area contributed by atoms with Crippen molar-refractivity contribution >= 4 is 13.8 Å². The predicted molar refractivity (Wildman–Crippen MR) is 143 cm³/mol. The molecule has 0 atom stereocenters. The normalized spacial score (nSPS) is 11.6. The van der Waals surface area contributed by atoms with E-state index in [9.17, 15) is 14.5 Å². The molecule has 1 rings (SSSR count). The molecule has 0 aliphatic heterocycles. The molecule has 0 spiro atoms. The van der Waals surface area contributed by atoms with Crippen LogP contribution >= 0.6 is 7.82 Å². The standard InChI is InChI=1S/C21H33NO3.C5H14NO4P/c1-2-3-4-5-6-7-8-9-13-16-22(17-21(24)18-23)25-19-20-14-11-10-12-15-20;1-6(2,3)4-5-10-11(7,8)9/h10-12,14-15,24H,2-9,13,16-17,19H2,1H3;4-5H2,1-3H3,(H-,7,8,9)/p+1. The van der Waals surface area contributed by atoms with E-state index >= 15 is 0 Å². The van der Waals surface area contributed by atoms with E-state index in [1.807, 2.05) is 51.5 Å². The summed E-state index contributed by atoms with van der Waals surface area (Å²) in [6, 6.07) is 9.88. The zero-order chi connectivity index (χ0) is 27.3. The van der Waals surface area contributed by atoms with Crippen molar-refractivity contribution in [3.8, 4) is 0 Å². The van der Waals surface area contributed by atoms with Crippen molar-refractivity contribution in [1.82, 2.24) is 5.06 Å². The van der Waals surface area contributed by atoms with Gasteiger partial charge in [0.2, 0.25) is 0 Å². The lowest BCUT2D eigenvalue weighted by Gasteiger charge is -2.23. The summed E-state index contributed by atoms with van der Waals surface area (Å²) in [6.45, 7) is 4.12. The van der Waals surface area contributed by atoms with Gasteiger partial charge in [-0.15, -0.1) is 0 Å². The number of benzene rings is 1. The number of quaternary nitrogens is 1. The molecule has 0 aliphatic rings. The van der Waals surface area contributed by atoms with Crippen LogP contribution in [0.5, 0.6) is 0 Å². The first-order valence-corrected chi connectivity index (χ1v) is 14.3. The molecule has 36 heavy (non-hydrogen) atoms. The Kier molecular flexibility index (Phi) is 19.6. The van der Waals surface area contributed by atoms with Crippen LogP contribution in [0.3, 0.4) is 0 Å². The fraction of sp³-hybridized carbons (Fsp3) is 0.692. The molecule has 0 heterocycles. The summed E-state index contributed by atoms with van der Waals surface area (Å²) >= 11 is 0. The van der Waals surface area contributed by atoms with Crippen molar-refractivity contribution < 1.29 is 38.1 Å². The lowest BCUT2D eigenvalue weighted by molar-refractivity contribution is -0.870. The first-order valence-electron chi connectivity index (χ1n) is 12.8. The van der Waals surface area contributed by atoms with Crippen molar-refractivity contribution in [2.75, 3.05) is 47.4 Å². The predicted octanol–water partition coefficient (Wildman–Crippen LogP) is 5.03. The Bertz CT molecular complexity index is 759. The summed E-state index contributed by atoms with van der Waals surface area (Å²) in [7, 11) is 1.50. The molecule has 0 saturated carbocycles. The molecule has 0 fully saturated rings. The van der Waals surface area contributed by atoms with Gasteiger partial charge in [-0.3, -0.25) is 9.36 Å². The fourth-order valence-corrected chi connectivity index (χ4v) is 3.48. The van der Waals surface area contributed by atoms with Crippen molar-refractivity contribution in [1.29, 1.82) is 0 Å². The molecule has 0 unspecified atom stereocenters. The van der Waals surface area contributed by atoms with Crippen LogP contribution in [-0.4, -0.2) is 77.8 Å². The lowest BCUT2D eigenvalue weighted by Crippen LogP contribution is -2.37. The summed E-state index contributed by atoms with van der Waals surface area (Å²) in [5, 5.41) is 11.1. The van der Waals surface area contributed by atoms with Crippen LogP contribution in [0.2, 0.25) is 0 Å². The Morgan fingerprint density at radius 1 is 0.972 bits per heavy atom. The second kappa shape index (κ2) is 20.5. The van der Waals surface area contributed by atoms with Crippen LogP contribution in [0.25, 0.3) is 0 Å². The summed E-state index contributed by atoms with van der Waals surface area (Å²) in [5.74, 6) is 1.21. The van der Waals surface area contributed by atoms with E-state index in [4.69, 9.17) is 14.6 Å². The van der Waals surface area contributed by atoms with Gasteiger partial charge in [-0.1, -0.05) is 88.6 Å². The van der Waals surface area contributed by atoms with E-state index in [1.54, 1.807) is 5.06 Å². The van der Waals surface area contributed by atoms with Gasteiger partial charge in [0.1, 0.15) is 13.2 Å². The summed E-state index contributed by atoms with van der Waals surface area (Å²) in [6.07, 6.45) is 11.3. The van der Waals surface area contributed by atoms with E-state index in [0.29, 0.717) is 24.2 Å². The van der Waals surface area contributed by atoms with Gasteiger partial charge in [0.05, 0.1) is 34.3 Å².